The summed E-state index contributed by atoms with van der Waals surface area (Å²) >= 11 is 0. The van der Waals surface area contributed by atoms with Crippen molar-refractivity contribution >= 4 is 17.9 Å². The number of amides is 1. The lowest BCUT2D eigenvalue weighted by atomic mass is 9.97. The Morgan fingerprint density at radius 1 is 1.38 bits per heavy atom. The third-order valence-electron chi connectivity index (χ3n) is 3.80. The van der Waals surface area contributed by atoms with E-state index in [4.69, 9.17) is 9.84 Å². The summed E-state index contributed by atoms with van der Waals surface area (Å²) in [6, 6.07) is 3.71. The van der Waals surface area contributed by atoms with Crippen LogP contribution in [0, 0.1) is 5.92 Å². The number of rotatable bonds is 4. The second kappa shape index (κ2) is 7.61. The molecule has 7 heteroatoms. The Morgan fingerprint density at radius 3 is 2.62 bits per heavy atom. The van der Waals surface area contributed by atoms with Crippen LogP contribution in [0.1, 0.15) is 39.2 Å². The normalized spacial score (nSPS) is 16.6. The number of likely N-dealkylation sites (tertiary alicyclic amines) is 1. The summed E-state index contributed by atoms with van der Waals surface area (Å²) in [7, 11) is 0. The number of aliphatic carboxylic acids is 1. The lowest BCUT2D eigenvalue weighted by Gasteiger charge is -2.30. The fourth-order valence-electron chi connectivity index (χ4n) is 2.65. The zero-order chi connectivity index (χ0) is 17.7. The van der Waals surface area contributed by atoms with E-state index in [0.717, 1.165) is 18.7 Å². The second-order valence-corrected chi connectivity index (χ2v) is 7.06. The van der Waals surface area contributed by atoms with E-state index in [1.807, 2.05) is 12.1 Å². The molecule has 2 N–H and O–H groups in total. The smallest absolute Gasteiger partial charge is 0.413 e. The monoisotopic (exact) mass is 335 g/mol. The fraction of sp³-hybridized carbons (Fsp3) is 0.588. The number of aromatic nitrogens is 1. The first kappa shape index (κ1) is 18.2. The molecule has 7 nitrogen and oxygen atoms in total. The summed E-state index contributed by atoms with van der Waals surface area (Å²) in [4.78, 5) is 29.1. The van der Waals surface area contributed by atoms with Crippen LogP contribution in [-0.4, -0.2) is 45.7 Å². The first-order valence-electron chi connectivity index (χ1n) is 8.13. The highest BCUT2D eigenvalue weighted by atomic mass is 16.6. The summed E-state index contributed by atoms with van der Waals surface area (Å²) in [5.41, 5.74) is 0.459. The molecule has 2 heterocycles. The predicted molar refractivity (Wildman–Crippen MR) is 89.7 cm³/mol. The number of carbonyl (C=O) groups is 2. The first-order valence-corrected chi connectivity index (χ1v) is 8.13. The van der Waals surface area contributed by atoms with Crippen molar-refractivity contribution < 1.29 is 19.4 Å². The number of carboxylic acids is 1. The van der Waals surface area contributed by atoms with Crippen molar-refractivity contribution in [3.05, 3.63) is 23.9 Å². The van der Waals surface area contributed by atoms with Gasteiger partial charge in [-0.15, -0.1) is 0 Å². The zero-order valence-electron chi connectivity index (χ0n) is 14.4. The van der Waals surface area contributed by atoms with E-state index in [1.165, 1.54) is 0 Å². The average Bonchev–Trinajstić information content (AvgIpc) is 2.46. The lowest BCUT2D eigenvalue weighted by molar-refractivity contribution is -0.143. The van der Waals surface area contributed by atoms with Crippen LogP contribution in [0.25, 0.3) is 0 Å². The molecule has 0 saturated carbocycles. The minimum Gasteiger partial charge on any atom is -0.481 e. The molecule has 24 heavy (non-hydrogen) atoms. The molecular formula is C17H25N3O4. The molecule has 1 amide bonds. The van der Waals surface area contributed by atoms with Crippen LogP contribution in [0.5, 0.6) is 0 Å². The largest absolute Gasteiger partial charge is 0.481 e. The van der Waals surface area contributed by atoms with Crippen molar-refractivity contribution in [2.75, 3.05) is 18.4 Å². The van der Waals surface area contributed by atoms with Crippen LogP contribution in [0.4, 0.5) is 10.6 Å². The first-order chi connectivity index (χ1) is 11.2. The summed E-state index contributed by atoms with van der Waals surface area (Å²) in [5, 5.41) is 11.7. The predicted octanol–water partition coefficient (Wildman–Crippen LogP) is 2.73. The van der Waals surface area contributed by atoms with Gasteiger partial charge in [0, 0.05) is 12.7 Å². The molecule has 0 atom stereocenters. The number of nitrogens with zero attached hydrogens (tertiary/aromatic N) is 2. The maximum absolute atomic E-state index is 11.8. The molecule has 1 aromatic rings. The van der Waals surface area contributed by atoms with Gasteiger partial charge in [0.25, 0.3) is 0 Å². The average molecular weight is 335 g/mol. The number of nitrogens with one attached hydrogen (secondary N) is 1. The number of hydrogen-bond acceptors (Lipinski definition) is 5. The summed E-state index contributed by atoms with van der Waals surface area (Å²) in [6.07, 6.45) is 2.45. The van der Waals surface area contributed by atoms with Gasteiger partial charge in [-0.25, -0.2) is 9.78 Å². The SMILES string of the molecule is CC(C)(C)OC(=O)Nc1cc(CN2CCC(C(=O)O)CC2)ccn1. The van der Waals surface area contributed by atoms with Crippen LogP contribution in [0.15, 0.2) is 18.3 Å². The van der Waals surface area contributed by atoms with Gasteiger partial charge >= 0.3 is 12.1 Å². The van der Waals surface area contributed by atoms with Crippen LogP contribution >= 0.6 is 0 Å². The van der Waals surface area contributed by atoms with E-state index >= 15 is 0 Å². The van der Waals surface area contributed by atoms with Gasteiger partial charge in [-0.1, -0.05) is 0 Å². The highest BCUT2D eigenvalue weighted by Crippen LogP contribution is 2.20. The van der Waals surface area contributed by atoms with E-state index in [2.05, 4.69) is 15.2 Å². The van der Waals surface area contributed by atoms with Gasteiger partial charge in [0.1, 0.15) is 11.4 Å². The van der Waals surface area contributed by atoms with Crippen molar-refractivity contribution in [1.82, 2.24) is 9.88 Å². The molecule has 1 saturated heterocycles. The molecule has 0 aromatic carbocycles. The number of ether oxygens (including phenoxy) is 1. The quantitative estimate of drug-likeness (QED) is 0.879. The Hall–Kier alpha value is -2.15. The van der Waals surface area contributed by atoms with Crippen LogP contribution in [0.3, 0.4) is 0 Å². The molecule has 0 spiro atoms. The van der Waals surface area contributed by atoms with Crippen molar-refractivity contribution in [2.45, 2.75) is 45.8 Å². The Morgan fingerprint density at radius 2 is 2.04 bits per heavy atom. The molecule has 0 radical (unpaired) electrons. The Kier molecular flexibility index (Phi) is 5.77. The minimum absolute atomic E-state index is 0.233. The molecule has 1 aliphatic rings. The molecule has 0 unspecified atom stereocenters. The van der Waals surface area contributed by atoms with E-state index in [0.29, 0.717) is 25.2 Å². The third-order valence-corrected chi connectivity index (χ3v) is 3.80. The van der Waals surface area contributed by atoms with Crippen molar-refractivity contribution in [1.29, 1.82) is 0 Å². The molecule has 1 fully saturated rings. The molecule has 1 aliphatic heterocycles. The summed E-state index contributed by atoms with van der Waals surface area (Å²) < 4.78 is 5.21. The number of carbonyl (C=O) groups excluding carboxylic acids is 1. The zero-order valence-corrected chi connectivity index (χ0v) is 14.4. The Balaban J connectivity index is 1.89. The van der Waals surface area contributed by atoms with Gasteiger partial charge in [-0.3, -0.25) is 15.0 Å². The third kappa shape index (κ3) is 5.81. The maximum Gasteiger partial charge on any atom is 0.413 e. The highest BCUT2D eigenvalue weighted by molar-refractivity contribution is 5.83. The van der Waals surface area contributed by atoms with Crippen LogP contribution in [0.2, 0.25) is 0 Å². The highest BCUT2D eigenvalue weighted by Gasteiger charge is 2.24. The van der Waals surface area contributed by atoms with Gasteiger partial charge in [0.2, 0.25) is 0 Å². The van der Waals surface area contributed by atoms with E-state index in [1.54, 1.807) is 27.0 Å². The molecule has 0 bridgehead atoms. The van der Waals surface area contributed by atoms with Crippen LogP contribution < -0.4 is 5.32 Å². The number of anilines is 1. The number of piperidine rings is 1. The van der Waals surface area contributed by atoms with Crippen molar-refractivity contribution in [3.63, 3.8) is 0 Å². The number of carboxylic acid groups (broad SMARTS) is 1. The summed E-state index contributed by atoms with van der Waals surface area (Å²) in [5.74, 6) is -0.493. The Bertz CT molecular complexity index is 590. The minimum atomic E-state index is -0.706. The van der Waals surface area contributed by atoms with E-state index < -0.39 is 17.7 Å². The van der Waals surface area contributed by atoms with Crippen molar-refractivity contribution in [2.24, 2.45) is 5.92 Å². The number of hydrogen-bond donors (Lipinski definition) is 2. The van der Waals surface area contributed by atoms with Gasteiger partial charge in [-0.2, -0.15) is 0 Å². The summed E-state index contributed by atoms with van der Waals surface area (Å²) in [6.45, 7) is 7.63. The molecule has 1 aromatic heterocycles. The molecule has 2 rings (SSSR count). The van der Waals surface area contributed by atoms with Gasteiger partial charge in [0.15, 0.2) is 0 Å². The lowest BCUT2D eigenvalue weighted by Crippen LogP contribution is -2.35. The topological polar surface area (TPSA) is 91.8 Å². The van der Waals surface area contributed by atoms with E-state index in [-0.39, 0.29) is 5.92 Å². The fourth-order valence-corrected chi connectivity index (χ4v) is 2.65. The van der Waals surface area contributed by atoms with Gasteiger partial charge < -0.3 is 9.84 Å². The standard InChI is InChI=1S/C17H25N3O4/c1-17(2,3)24-16(23)19-14-10-12(4-7-18-14)11-20-8-5-13(6-9-20)15(21)22/h4,7,10,13H,5-6,8-9,11H2,1-3H3,(H,21,22)(H,18,19,23). The maximum atomic E-state index is 11.8. The Labute approximate surface area is 142 Å². The number of pyridine rings is 1. The molecular weight excluding hydrogens is 310 g/mol. The second-order valence-electron chi connectivity index (χ2n) is 7.06. The van der Waals surface area contributed by atoms with Gasteiger partial charge in [0.05, 0.1) is 5.92 Å². The van der Waals surface area contributed by atoms with Gasteiger partial charge in [-0.05, 0) is 64.4 Å². The van der Waals surface area contributed by atoms with Crippen LogP contribution in [-0.2, 0) is 16.1 Å². The molecule has 132 valence electrons. The van der Waals surface area contributed by atoms with Crippen molar-refractivity contribution in [3.8, 4) is 0 Å². The van der Waals surface area contributed by atoms with E-state index in [9.17, 15) is 9.59 Å². The molecule has 0 aliphatic carbocycles.